The average Bonchev–Trinajstić information content (AvgIpc) is 2.44. The van der Waals surface area contributed by atoms with E-state index in [0.29, 0.717) is 18.1 Å². The van der Waals surface area contributed by atoms with Crippen LogP contribution in [0.2, 0.25) is 0 Å². The molecule has 0 spiro atoms. The van der Waals surface area contributed by atoms with Crippen molar-refractivity contribution in [1.82, 2.24) is 0 Å². The first-order chi connectivity index (χ1) is 10.3. The maximum Gasteiger partial charge on any atom is 0.340 e. The smallest absolute Gasteiger partial charge is 0.340 e. The molecule has 1 aromatic rings. The molecule has 1 rings (SSSR count). The SMILES string of the molecule is CCCC(c1ccc(C(=O)OC(C)OCC)cc1)C(C)(C)C. The molecule has 0 aliphatic carbocycles. The Bertz CT molecular complexity index is 457. The van der Waals surface area contributed by atoms with Gasteiger partial charge in [0.25, 0.3) is 0 Å². The number of ether oxygens (including phenoxy) is 2. The van der Waals surface area contributed by atoms with E-state index in [9.17, 15) is 4.79 Å². The third-order valence-electron chi connectivity index (χ3n) is 3.85. The fraction of sp³-hybridized carbons (Fsp3) is 0.632. The highest BCUT2D eigenvalue weighted by atomic mass is 16.7. The molecule has 0 N–H and O–H groups in total. The maximum absolute atomic E-state index is 12.0. The molecule has 2 unspecified atom stereocenters. The fourth-order valence-electron chi connectivity index (χ4n) is 2.73. The van der Waals surface area contributed by atoms with E-state index < -0.39 is 6.29 Å². The summed E-state index contributed by atoms with van der Waals surface area (Å²) in [6.45, 7) is 13.1. The predicted octanol–water partition coefficient (Wildman–Crippen LogP) is 5.16. The molecule has 0 fully saturated rings. The fourth-order valence-corrected chi connectivity index (χ4v) is 2.73. The summed E-state index contributed by atoms with van der Waals surface area (Å²) in [5.74, 6) is 0.153. The van der Waals surface area contributed by atoms with Gasteiger partial charge in [-0.25, -0.2) is 4.79 Å². The minimum Gasteiger partial charge on any atom is -0.432 e. The number of carbonyl (C=O) groups excluding carboxylic acids is 1. The van der Waals surface area contributed by atoms with Gasteiger partial charge in [-0.05, 0) is 49.3 Å². The molecular formula is C19H30O3. The largest absolute Gasteiger partial charge is 0.432 e. The standard InChI is InChI=1S/C19H30O3/c1-7-9-17(19(4,5)6)15-10-12-16(13-11-15)18(20)22-14(3)21-8-2/h10-14,17H,7-9H2,1-6H3. The Morgan fingerprint density at radius 2 is 1.73 bits per heavy atom. The first-order valence-electron chi connectivity index (χ1n) is 8.22. The minimum atomic E-state index is -0.514. The zero-order valence-electron chi connectivity index (χ0n) is 14.8. The van der Waals surface area contributed by atoms with Crippen LogP contribution in [0.1, 0.15) is 76.2 Å². The Labute approximate surface area is 135 Å². The van der Waals surface area contributed by atoms with Crippen molar-refractivity contribution in [3.8, 4) is 0 Å². The van der Waals surface area contributed by atoms with Crippen molar-refractivity contribution in [3.63, 3.8) is 0 Å². The molecular weight excluding hydrogens is 276 g/mol. The predicted molar refractivity (Wildman–Crippen MR) is 90.0 cm³/mol. The third kappa shape index (κ3) is 5.45. The molecule has 124 valence electrons. The van der Waals surface area contributed by atoms with Gasteiger partial charge >= 0.3 is 5.97 Å². The Morgan fingerprint density at radius 1 is 1.14 bits per heavy atom. The molecule has 0 aliphatic heterocycles. The van der Waals surface area contributed by atoms with Crippen LogP contribution in [0.5, 0.6) is 0 Å². The minimum absolute atomic E-state index is 0.210. The molecule has 0 saturated heterocycles. The van der Waals surface area contributed by atoms with Gasteiger partial charge in [0, 0.05) is 6.61 Å². The Balaban J connectivity index is 2.82. The van der Waals surface area contributed by atoms with Gasteiger partial charge in [0.1, 0.15) is 0 Å². The molecule has 0 radical (unpaired) electrons. The van der Waals surface area contributed by atoms with Crippen LogP contribution in [0.25, 0.3) is 0 Å². The number of hydrogen-bond acceptors (Lipinski definition) is 3. The zero-order valence-corrected chi connectivity index (χ0v) is 14.8. The number of esters is 1. The Hall–Kier alpha value is -1.35. The average molecular weight is 306 g/mol. The second-order valence-corrected chi connectivity index (χ2v) is 6.76. The molecule has 0 amide bonds. The third-order valence-corrected chi connectivity index (χ3v) is 3.85. The van der Waals surface area contributed by atoms with E-state index in [-0.39, 0.29) is 11.4 Å². The van der Waals surface area contributed by atoms with E-state index in [2.05, 4.69) is 27.7 Å². The summed E-state index contributed by atoms with van der Waals surface area (Å²) in [6, 6.07) is 7.80. The molecule has 3 heteroatoms. The molecule has 3 nitrogen and oxygen atoms in total. The van der Waals surface area contributed by atoms with Gasteiger partial charge in [0.05, 0.1) is 5.56 Å². The zero-order chi connectivity index (χ0) is 16.8. The molecule has 0 aliphatic rings. The highest BCUT2D eigenvalue weighted by Crippen LogP contribution is 2.38. The van der Waals surface area contributed by atoms with Gasteiger partial charge in [0.2, 0.25) is 0 Å². The highest BCUT2D eigenvalue weighted by molar-refractivity contribution is 5.89. The molecule has 0 bridgehead atoms. The first kappa shape index (κ1) is 18.7. The van der Waals surface area contributed by atoms with Gasteiger partial charge in [-0.3, -0.25) is 0 Å². The van der Waals surface area contributed by atoms with Gasteiger partial charge in [-0.2, -0.15) is 0 Å². The highest BCUT2D eigenvalue weighted by Gasteiger charge is 2.25. The summed E-state index contributed by atoms with van der Waals surface area (Å²) >= 11 is 0. The summed E-state index contributed by atoms with van der Waals surface area (Å²) < 4.78 is 10.5. The van der Waals surface area contributed by atoms with Gasteiger partial charge in [-0.15, -0.1) is 0 Å². The topological polar surface area (TPSA) is 35.5 Å². The van der Waals surface area contributed by atoms with Crippen LogP contribution in [0, 0.1) is 5.41 Å². The van der Waals surface area contributed by atoms with Crippen molar-refractivity contribution in [3.05, 3.63) is 35.4 Å². The number of benzene rings is 1. The molecule has 1 aromatic carbocycles. The second-order valence-electron chi connectivity index (χ2n) is 6.76. The molecule has 0 aromatic heterocycles. The van der Waals surface area contributed by atoms with Gasteiger partial charge < -0.3 is 9.47 Å². The second kappa shape index (κ2) is 8.33. The Morgan fingerprint density at radius 3 is 2.18 bits per heavy atom. The van der Waals surface area contributed by atoms with Crippen molar-refractivity contribution < 1.29 is 14.3 Å². The van der Waals surface area contributed by atoms with Gasteiger partial charge in [0.15, 0.2) is 6.29 Å². The summed E-state index contributed by atoms with van der Waals surface area (Å²) in [7, 11) is 0. The van der Waals surface area contributed by atoms with Crippen molar-refractivity contribution >= 4 is 5.97 Å². The van der Waals surface area contributed by atoms with Crippen molar-refractivity contribution in [1.29, 1.82) is 0 Å². The lowest BCUT2D eigenvalue weighted by molar-refractivity contribution is -0.0940. The van der Waals surface area contributed by atoms with Crippen LogP contribution in [0.3, 0.4) is 0 Å². The lowest BCUT2D eigenvalue weighted by Gasteiger charge is -2.31. The van der Waals surface area contributed by atoms with Crippen LogP contribution in [-0.4, -0.2) is 18.9 Å². The summed E-state index contributed by atoms with van der Waals surface area (Å²) in [5, 5.41) is 0. The maximum atomic E-state index is 12.0. The summed E-state index contributed by atoms with van der Waals surface area (Å²) in [5.41, 5.74) is 2.06. The molecule has 0 saturated carbocycles. The Kier molecular flexibility index (Phi) is 7.08. The quantitative estimate of drug-likeness (QED) is 0.516. The van der Waals surface area contributed by atoms with Crippen LogP contribution in [0.15, 0.2) is 24.3 Å². The first-order valence-corrected chi connectivity index (χ1v) is 8.22. The molecule has 2 atom stereocenters. The van der Waals surface area contributed by atoms with E-state index in [4.69, 9.17) is 9.47 Å². The van der Waals surface area contributed by atoms with Crippen molar-refractivity contribution in [2.24, 2.45) is 5.41 Å². The monoisotopic (exact) mass is 306 g/mol. The van der Waals surface area contributed by atoms with Crippen molar-refractivity contribution in [2.75, 3.05) is 6.61 Å². The van der Waals surface area contributed by atoms with E-state index in [1.165, 1.54) is 5.56 Å². The van der Waals surface area contributed by atoms with E-state index in [1.54, 1.807) is 6.92 Å². The van der Waals surface area contributed by atoms with Gasteiger partial charge in [-0.1, -0.05) is 46.2 Å². The lowest BCUT2D eigenvalue weighted by atomic mass is 9.74. The number of hydrogen-bond donors (Lipinski definition) is 0. The van der Waals surface area contributed by atoms with Crippen LogP contribution in [-0.2, 0) is 9.47 Å². The summed E-state index contributed by atoms with van der Waals surface area (Å²) in [6.07, 6.45) is 1.78. The van der Waals surface area contributed by atoms with Crippen LogP contribution >= 0.6 is 0 Å². The number of carbonyl (C=O) groups is 1. The lowest BCUT2D eigenvalue weighted by Crippen LogP contribution is -2.19. The summed E-state index contributed by atoms with van der Waals surface area (Å²) in [4.78, 5) is 12.0. The van der Waals surface area contributed by atoms with Crippen molar-refractivity contribution in [2.45, 2.75) is 66.6 Å². The molecule has 0 heterocycles. The molecule has 22 heavy (non-hydrogen) atoms. The normalized spacial score (nSPS) is 14.5. The van der Waals surface area contributed by atoms with E-state index in [0.717, 1.165) is 12.8 Å². The van der Waals surface area contributed by atoms with E-state index in [1.807, 2.05) is 31.2 Å². The van der Waals surface area contributed by atoms with Crippen LogP contribution in [0.4, 0.5) is 0 Å². The van der Waals surface area contributed by atoms with E-state index >= 15 is 0 Å². The van der Waals surface area contributed by atoms with Crippen LogP contribution < -0.4 is 0 Å². The number of rotatable bonds is 7.